The minimum absolute atomic E-state index is 0.00568. The third-order valence-electron chi connectivity index (χ3n) is 7.01. The average Bonchev–Trinajstić information content (AvgIpc) is 3.59. The fourth-order valence-electron chi connectivity index (χ4n) is 5.33. The molecule has 2 aliphatic carbocycles. The number of fused-ring (bicyclic) bond motifs is 1. The summed E-state index contributed by atoms with van der Waals surface area (Å²) in [5.41, 5.74) is 8.71. The lowest BCUT2D eigenvalue weighted by Crippen LogP contribution is -2.44. The molecule has 1 aromatic carbocycles. The van der Waals surface area contributed by atoms with Gasteiger partial charge >= 0.3 is 6.03 Å². The number of hydrogen-bond acceptors (Lipinski definition) is 6. The molecule has 1 aliphatic heterocycles. The van der Waals surface area contributed by atoms with E-state index in [-0.39, 0.29) is 30.1 Å². The molecule has 7 nitrogen and oxygen atoms in total. The molecular weight excluding hydrogens is 458 g/mol. The van der Waals surface area contributed by atoms with Crippen LogP contribution in [0.5, 0.6) is 5.75 Å². The van der Waals surface area contributed by atoms with Gasteiger partial charge in [0.2, 0.25) is 0 Å². The van der Waals surface area contributed by atoms with Gasteiger partial charge in [-0.3, -0.25) is 0 Å². The predicted molar refractivity (Wildman–Crippen MR) is 137 cm³/mol. The van der Waals surface area contributed by atoms with Gasteiger partial charge in [0.15, 0.2) is 0 Å². The number of carbonyl (C=O) groups is 1. The maximum Gasteiger partial charge on any atom is 0.317 e. The standard InChI is InChI=1S/C27H31N5O2S/c1-16(2)34-24-9-6-17(12-18(24)13-28)26-30-14-25(35-26)22-5-3-4-21-20(22)7-8-23(21)31-27(33)32-11-10-19(29)15-32/h3-6,9,12,14,16,19-20,22-23H,7-8,10-11,15,29H2,1-2H3,(H,31,33)/t19-,20?,22?,23+/m1/s1. The van der Waals surface area contributed by atoms with E-state index in [0.717, 1.165) is 36.4 Å². The molecule has 8 heteroatoms. The Bertz CT molecular complexity index is 1210. The molecule has 1 saturated heterocycles. The summed E-state index contributed by atoms with van der Waals surface area (Å²) < 4.78 is 5.76. The Balaban J connectivity index is 1.30. The fourth-order valence-corrected chi connectivity index (χ4v) is 6.38. The maximum atomic E-state index is 12.7. The quantitative estimate of drug-likeness (QED) is 0.640. The Hall–Kier alpha value is -3.15. The predicted octanol–water partition coefficient (Wildman–Crippen LogP) is 4.57. The van der Waals surface area contributed by atoms with Gasteiger partial charge in [0.25, 0.3) is 0 Å². The molecule has 2 fully saturated rings. The van der Waals surface area contributed by atoms with E-state index < -0.39 is 0 Å². The number of aromatic nitrogens is 1. The third-order valence-corrected chi connectivity index (χ3v) is 8.16. The van der Waals surface area contributed by atoms with Crippen LogP contribution in [0.15, 0.2) is 48.2 Å². The first-order valence-corrected chi connectivity index (χ1v) is 13.1. The highest BCUT2D eigenvalue weighted by Gasteiger charge is 2.38. The summed E-state index contributed by atoms with van der Waals surface area (Å²) in [4.78, 5) is 20.5. The van der Waals surface area contributed by atoms with Crippen LogP contribution in [-0.4, -0.2) is 47.2 Å². The number of nitrogens with two attached hydrogens (primary N) is 1. The molecule has 0 spiro atoms. The summed E-state index contributed by atoms with van der Waals surface area (Å²) in [7, 11) is 0. The molecule has 2 aromatic rings. The summed E-state index contributed by atoms with van der Waals surface area (Å²) in [6.07, 6.45) is 11.3. The van der Waals surface area contributed by atoms with Gasteiger partial charge in [0.05, 0.1) is 17.7 Å². The van der Waals surface area contributed by atoms with Crippen LogP contribution in [0.3, 0.4) is 0 Å². The van der Waals surface area contributed by atoms with Crippen molar-refractivity contribution >= 4 is 17.4 Å². The molecule has 1 aromatic heterocycles. The fraction of sp³-hybridized carbons (Fsp3) is 0.444. The number of hydrogen-bond donors (Lipinski definition) is 2. The highest BCUT2D eigenvalue weighted by Crippen LogP contribution is 2.46. The number of nitriles is 1. The van der Waals surface area contributed by atoms with Crippen LogP contribution in [0.1, 0.15) is 49.5 Å². The van der Waals surface area contributed by atoms with Gasteiger partial charge in [0.1, 0.15) is 16.8 Å². The molecule has 2 heterocycles. The van der Waals surface area contributed by atoms with Gasteiger partial charge in [-0.15, -0.1) is 11.3 Å². The number of benzene rings is 1. The van der Waals surface area contributed by atoms with Crippen molar-refractivity contribution < 1.29 is 9.53 Å². The number of rotatable bonds is 5. The lowest BCUT2D eigenvalue weighted by atomic mass is 9.83. The second kappa shape index (κ2) is 9.84. The van der Waals surface area contributed by atoms with Gasteiger partial charge in [-0.25, -0.2) is 9.78 Å². The first-order chi connectivity index (χ1) is 16.9. The van der Waals surface area contributed by atoms with Crippen molar-refractivity contribution in [1.82, 2.24) is 15.2 Å². The Kier molecular flexibility index (Phi) is 6.63. The molecule has 2 unspecified atom stereocenters. The Morgan fingerprint density at radius 1 is 1.34 bits per heavy atom. The maximum absolute atomic E-state index is 12.7. The van der Waals surface area contributed by atoms with Gasteiger partial charge in [-0.05, 0) is 62.8 Å². The summed E-state index contributed by atoms with van der Waals surface area (Å²) in [5, 5.41) is 13.7. The Morgan fingerprint density at radius 2 is 2.20 bits per heavy atom. The number of nitrogens with one attached hydrogen (secondary N) is 1. The summed E-state index contributed by atoms with van der Waals surface area (Å²) in [5.74, 6) is 1.20. The largest absolute Gasteiger partial charge is 0.490 e. The third kappa shape index (κ3) is 4.84. The van der Waals surface area contributed by atoms with Crippen molar-refractivity contribution in [2.75, 3.05) is 13.1 Å². The van der Waals surface area contributed by atoms with Crippen LogP contribution in [0.25, 0.3) is 10.6 Å². The first-order valence-electron chi connectivity index (χ1n) is 12.3. The van der Waals surface area contributed by atoms with Crippen molar-refractivity contribution in [3.8, 4) is 22.4 Å². The second-order valence-electron chi connectivity index (χ2n) is 9.82. The van der Waals surface area contributed by atoms with Crippen molar-refractivity contribution in [2.45, 2.75) is 57.2 Å². The Labute approximate surface area is 210 Å². The van der Waals surface area contributed by atoms with Crippen molar-refractivity contribution in [3.63, 3.8) is 0 Å². The molecule has 3 N–H and O–H groups in total. The highest BCUT2D eigenvalue weighted by atomic mass is 32.1. The normalized spacial score (nSPS) is 25.3. The monoisotopic (exact) mass is 489 g/mol. The smallest absolute Gasteiger partial charge is 0.317 e. The number of allylic oxidation sites excluding steroid dienone is 3. The van der Waals surface area contributed by atoms with E-state index in [2.05, 4.69) is 29.6 Å². The molecule has 2 amide bonds. The van der Waals surface area contributed by atoms with Crippen molar-refractivity contribution in [1.29, 1.82) is 5.26 Å². The van der Waals surface area contributed by atoms with Crippen LogP contribution in [-0.2, 0) is 0 Å². The topological polar surface area (TPSA) is 104 Å². The molecule has 5 rings (SSSR count). The number of carbonyl (C=O) groups excluding carboxylic acids is 1. The second-order valence-corrected chi connectivity index (χ2v) is 10.9. The minimum Gasteiger partial charge on any atom is -0.490 e. The Morgan fingerprint density at radius 3 is 2.94 bits per heavy atom. The van der Waals surface area contributed by atoms with Crippen LogP contribution in [0.4, 0.5) is 4.79 Å². The van der Waals surface area contributed by atoms with Crippen molar-refractivity contribution in [2.24, 2.45) is 11.7 Å². The zero-order chi connectivity index (χ0) is 24.5. The van der Waals surface area contributed by atoms with Crippen LogP contribution < -0.4 is 15.8 Å². The molecule has 0 bridgehead atoms. The van der Waals surface area contributed by atoms with Gasteiger partial charge < -0.3 is 20.7 Å². The van der Waals surface area contributed by atoms with Crippen LogP contribution >= 0.6 is 11.3 Å². The van der Waals surface area contributed by atoms with E-state index in [1.54, 1.807) is 11.3 Å². The minimum atomic E-state index is -0.00568. The van der Waals surface area contributed by atoms with E-state index >= 15 is 0 Å². The molecule has 0 radical (unpaired) electrons. The number of nitrogens with zero attached hydrogens (tertiary/aromatic N) is 3. The molecule has 35 heavy (non-hydrogen) atoms. The molecular formula is C27H31N5O2S. The van der Waals surface area contributed by atoms with E-state index in [1.165, 1.54) is 10.5 Å². The highest BCUT2D eigenvalue weighted by molar-refractivity contribution is 7.15. The molecule has 4 atom stereocenters. The van der Waals surface area contributed by atoms with Crippen LogP contribution in [0.2, 0.25) is 0 Å². The summed E-state index contributed by atoms with van der Waals surface area (Å²) in [6, 6.07) is 8.06. The van der Waals surface area contributed by atoms with Crippen molar-refractivity contribution in [3.05, 3.63) is 58.6 Å². The number of ether oxygens (including phenoxy) is 1. The number of thiazole rings is 1. The number of urea groups is 1. The lowest BCUT2D eigenvalue weighted by molar-refractivity contribution is 0.205. The summed E-state index contributed by atoms with van der Waals surface area (Å²) >= 11 is 1.67. The van der Waals surface area contributed by atoms with E-state index in [9.17, 15) is 10.1 Å². The SMILES string of the molecule is CC(C)Oc1ccc(-c2ncc(C3C=CC=C4C3CC[C@@H]4NC(=O)N3CC[C@@H](N)C3)s2)cc1C#N. The van der Waals surface area contributed by atoms with Gasteiger partial charge in [-0.2, -0.15) is 5.26 Å². The van der Waals surface area contributed by atoms with E-state index in [1.807, 2.05) is 43.1 Å². The molecule has 182 valence electrons. The van der Waals surface area contributed by atoms with E-state index in [4.69, 9.17) is 15.5 Å². The van der Waals surface area contributed by atoms with Gasteiger partial charge in [0, 0.05) is 41.7 Å². The number of amides is 2. The number of likely N-dealkylation sites (tertiary alicyclic amines) is 1. The molecule has 1 saturated carbocycles. The van der Waals surface area contributed by atoms with Crippen LogP contribution in [0, 0.1) is 17.2 Å². The van der Waals surface area contributed by atoms with Gasteiger partial charge in [-0.1, -0.05) is 18.2 Å². The first kappa shape index (κ1) is 23.6. The summed E-state index contributed by atoms with van der Waals surface area (Å²) in [6.45, 7) is 5.25. The zero-order valence-corrected chi connectivity index (χ0v) is 20.9. The zero-order valence-electron chi connectivity index (χ0n) is 20.1. The molecule has 3 aliphatic rings. The average molecular weight is 490 g/mol. The lowest BCUT2D eigenvalue weighted by Gasteiger charge is -2.27. The van der Waals surface area contributed by atoms with E-state index in [0.29, 0.717) is 23.8 Å².